The van der Waals surface area contributed by atoms with Crippen molar-refractivity contribution in [3.05, 3.63) is 59.6 Å². The van der Waals surface area contributed by atoms with Crippen LogP contribution in [0.1, 0.15) is 37.5 Å². The van der Waals surface area contributed by atoms with E-state index in [-0.39, 0.29) is 12.5 Å². The van der Waals surface area contributed by atoms with Gasteiger partial charge in [-0.15, -0.1) is 34.6 Å². The molecule has 1 aliphatic heterocycles. The quantitative estimate of drug-likeness (QED) is 0.389. The van der Waals surface area contributed by atoms with Crippen molar-refractivity contribution in [2.24, 2.45) is 5.73 Å². The number of hydrogen-bond donors (Lipinski definition) is 1. The third-order valence-corrected chi connectivity index (χ3v) is 4.90. The van der Waals surface area contributed by atoms with Crippen LogP contribution in [0.25, 0.3) is 0 Å². The first-order valence-corrected chi connectivity index (χ1v) is 10.3. The molecule has 160 valence electrons. The van der Waals surface area contributed by atoms with Crippen LogP contribution < -0.4 is 10.6 Å². The summed E-state index contributed by atoms with van der Waals surface area (Å²) in [5, 5.41) is 8.33. The van der Waals surface area contributed by atoms with Gasteiger partial charge in [0.1, 0.15) is 12.4 Å². The molecule has 0 atom stereocenters. The van der Waals surface area contributed by atoms with Crippen LogP contribution in [0.4, 0.5) is 5.82 Å². The number of aromatic nitrogens is 3. The highest BCUT2D eigenvalue weighted by atomic mass is 35.5. The molecule has 2 aromatic heterocycles. The highest BCUT2D eigenvalue weighted by Gasteiger charge is 2.25. The molecule has 0 aromatic carbocycles. The number of alkyl halides is 1. The fourth-order valence-electron chi connectivity index (χ4n) is 3.07. The van der Waals surface area contributed by atoms with Crippen molar-refractivity contribution in [3.63, 3.8) is 0 Å². The maximum Gasteiger partial charge on any atom is 0.242 e. The molecule has 0 unspecified atom stereocenters. The lowest BCUT2D eigenvalue weighted by atomic mass is 9.97. The molecule has 0 amide bonds. The van der Waals surface area contributed by atoms with Gasteiger partial charge in [-0.2, -0.15) is 0 Å². The number of terminal acetylenes is 1. The molecule has 8 heteroatoms. The number of anilines is 1. The van der Waals surface area contributed by atoms with Gasteiger partial charge in [0, 0.05) is 36.8 Å². The average molecular weight is 430 g/mol. The first-order valence-electron chi connectivity index (χ1n) is 9.74. The first-order chi connectivity index (χ1) is 14.7. The van der Waals surface area contributed by atoms with Crippen LogP contribution in [-0.4, -0.2) is 40.8 Å². The Balaban J connectivity index is 0.00000155. The summed E-state index contributed by atoms with van der Waals surface area (Å²) in [6, 6.07) is 5.98. The first kappa shape index (κ1) is 23.5. The lowest BCUT2D eigenvalue weighted by Crippen LogP contribution is -2.33. The largest absolute Gasteiger partial charge is 0.422 e. The van der Waals surface area contributed by atoms with Crippen LogP contribution in [-0.2, 0) is 11.3 Å². The molecule has 0 spiro atoms. The zero-order valence-electron chi connectivity index (χ0n) is 17.2. The van der Waals surface area contributed by atoms with Gasteiger partial charge in [-0.25, -0.2) is 4.98 Å². The monoisotopic (exact) mass is 429 g/mol. The van der Waals surface area contributed by atoms with Gasteiger partial charge >= 0.3 is 0 Å². The van der Waals surface area contributed by atoms with Crippen LogP contribution in [0, 0.1) is 12.8 Å². The minimum atomic E-state index is 0.267. The zero-order valence-corrected chi connectivity index (χ0v) is 18.0. The summed E-state index contributed by atoms with van der Waals surface area (Å²) < 4.78 is 11.5. The number of rotatable bonds is 8. The Morgan fingerprint density at radius 2 is 2.10 bits per heavy atom. The van der Waals surface area contributed by atoms with Gasteiger partial charge in [-0.05, 0) is 43.5 Å². The van der Waals surface area contributed by atoms with Crippen molar-refractivity contribution in [2.45, 2.75) is 32.3 Å². The molecule has 30 heavy (non-hydrogen) atoms. The molecule has 0 radical (unpaired) electrons. The number of halogens is 1. The number of nitrogens with zero attached hydrogens (tertiary/aromatic N) is 4. The fourth-order valence-corrected chi connectivity index (χ4v) is 3.16. The topological polar surface area (TPSA) is 90.3 Å². The molecule has 0 aliphatic carbocycles. The lowest BCUT2D eigenvalue weighted by molar-refractivity contribution is 0.120. The minimum Gasteiger partial charge on any atom is -0.422 e. The Labute approximate surface area is 183 Å². The van der Waals surface area contributed by atoms with Crippen molar-refractivity contribution >= 4 is 17.4 Å². The number of allylic oxidation sites excluding steroid dienone is 2. The maximum atomic E-state index is 5.93. The molecule has 2 N–H and O–H groups in total. The zero-order chi connectivity index (χ0) is 21.8. The smallest absolute Gasteiger partial charge is 0.242 e. The lowest BCUT2D eigenvalue weighted by Gasteiger charge is -2.31. The van der Waals surface area contributed by atoms with E-state index in [1.165, 1.54) is 0 Å². The number of ether oxygens (including phenoxy) is 1. The van der Waals surface area contributed by atoms with E-state index in [1.54, 1.807) is 12.2 Å². The Bertz CT molecular complexity index is 839. The average Bonchev–Trinajstić information content (AvgIpc) is 3.28. The van der Waals surface area contributed by atoms with Gasteiger partial charge in [0.25, 0.3) is 0 Å². The Kier molecular flexibility index (Phi) is 9.92. The highest BCUT2D eigenvalue weighted by molar-refractivity contribution is 6.18. The van der Waals surface area contributed by atoms with E-state index in [1.807, 2.05) is 31.3 Å². The van der Waals surface area contributed by atoms with Crippen LogP contribution in [0.2, 0.25) is 0 Å². The second kappa shape index (κ2) is 12.7. The number of hydrogen-bond acceptors (Lipinski definition) is 7. The summed E-state index contributed by atoms with van der Waals surface area (Å²) in [5.74, 6) is 2.91. The Hall–Kier alpha value is -2.82. The molecular weight excluding hydrogens is 402 g/mol. The van der Waals surface area contributed by atoms with Crippen LogP contribution in [0.15, 0.2) is 52.2 Å². The van der Waals surface area contributed by atoms with Gasteiger partial charge in [0.2, 0.25) is 11.8 Å². The summed E-state index contributed by atoms with van der Waals surface area (Å²) in [4.78, 5) is 6.70. The van der Waals surface area contributed by atoms with Gasteiger partial charge in [0.15, 0.2) is 0 Å². The van der Waals surface area contributed by atoms with Gasteiger partial charge in [-0.1, -0.05) is 12.1 Å². The second-order valence-corrected chi connectivity index (χ2v) is 7.08. The van der Waals surface area contributed by atoms with E-state index in [4.69, 9.17) is 26.5 Å². The van der Waals surface area contributed by atoms with E-state index < -0.39 is 0 Å². The molecule has 2 aromatic rings. The van der Waals surface area contributed by atoms with Crippen molar-refractivity contribution in [1.82, 2.24) is 15.2 Å². The Morgan fingerprint density at radius 1 is 1.33 bits per heavy atom. The van der Waals surface area contributed by atoms with Crippen molar-refractivity contribution < 1.29 is 9.15 Å². The van der Waals surface area contributed by atoms with Gasteiger partial charge < -0.3 is 19.8 Å². The van der Waals surface area contributed by atoms with Crippen molar-refractivity contribution in [1.29, 1.82) is 0 Å². The normalized spacial score (nSPS) is 15.5. The predicted octanol–water partition coefficient (Wildman–Crippen LogP) is 3.64. The van der Waals surface area contributed by atoms with E-state index in [9.17, 15) is 0 Å². The van der Waals surface area contributed by atoms with Gasteiger partial charge in [0.05, 0.1) is 6.61 Å². The summed E-state index contributed by atoms with van der Waals surface area (Å²) in [6.45, 7) is 4.44. The summed E-state index contributed by atoms with van der Waals surface area (Å²) in [7, 11) is 0. The molecule has 1 fully saturated rings. The molecule has 0 saturated carbocycles. The number of pyridine rings is 1. The van der Waals surface area contributed by atoms with Crippen LogP contribution in [0.5, 0.6) is 0 Å². The van der Waals surface area contributed by atoms with E-state index in [0.29, 0.717) is 30.0 Å². The molecule has 7 nitrogen and oxygen atoms in total. The van der Waals surface area contributed by atoms with Crippen molar-refractivity contribution in [3.8, 4) is 12.8 Å². The van der Waals surface area contributed by atoms with Crippen molar-refractivity contribution in [2.75, 3.05) is 30.5 Å². The molecule has 1 aliphatic rings. The Morgan fingerprint density at radius 3 is 2.77 bits per heavy atom. The number of nitrogens with two attached hydrogens (primary N) is 1. The molecule has 3 heterocycles. The third kappa shape index (κ3) is 6.90. The highest BCUT2D eigenvalue weighted by Crippen LogP contribution is 2.29. The summed E-state index contributed by atoms with van der Waals surface area (Å²) >= 11 is 5.61. The summed E-state index contributed by atoms with van der Waals surface area (Å²) in [5.41, 5.74) is 7.52. The van der Waals surface area contributed by atoms with E-state index in [2.05, 4.69) is 32.9 Å². The fraction of sp³-hybridized carbons (Fsp3) is 0.409. The van der Waals surface area contributed by atoms with Crippen LogP contribution >= 0.6 is 11.6 Å². The van der Waals surface area contributed by atoms with E-state index in [0.717, 1.165) is 37.3 Å². The standard InChI is InChI=1S/C20H26ClN5O2.C2H2/c1-15(17(22)5-4-9-21)13-27-14-19-24-25-20(28-19)16-7-11-26(12-8-16)18-6-2-3-10-23-18;1-2/h2-6,10,16H,7-9,11-14,22H2,1H3;1-2H/b5-4-,17-15-;. The maximum absolute atomic E-state index is 5.93. The molecular formula is C22H28ClN5O2. The second-order valence-electron chi connectivity index (χ2n) is 6.77. The third-order valence-electron chi connectivity index (χ3n) is 4.72. The van der Waals surface area contributed by atoms with E-state index >= 15 is 0 Å². The van der Waals surface area contributed by atoms with Crippen LogP contribution in [0.3, 0.4) is 0 Å². The number of piperidine rings is 1. The molecule has 0 bridgehead atoms. The predicted molar refractivity (Wildman–Crippen MR) is 119 cm³/mol. The van der Waals surface area contributed by atoms with Gasteiger partial charge in [-0.3, -0.25) is 0 Å². The molecule has 3 rings (SSSR count). The molecule has 1 saturated heterocycles. The SMILES string of the molecule is C#C.C/C(COCc1nnc(C2CCN(c3ccccn3)CC2)o1)=C(N)\C=C/CCl. The summed E-state index contributed by atoms with van der Waals surface area (Å²) in [6.07, 6.45) is 15.3. The minimum absolute atomic E-state index is 0.267.